The quantitative estimate of drug-likeness (QED) is 0.601. The smallest absolute Gasteiger partial charge is 0.264 e. The number of aryl methyl sites for hydroxylation is 1. The van der Waals surface area contributed by atoms with Crippen LogP contribution in [0.15, 0.2) is 40.8 Å². The van der Waals surface area contributed by atoms with Crippen LogP contribution in [0.4, 0.5) is 0 Å². The molecule has 9 heteroatoms. The molecule has 2 N–H and O–H groups in total. The summed E-state index contributed by atoms with van der Waals surface area (Å²) in [5.74, 6) is -0.307. The highest BCUT2D eigenvalue weighted by molar-refractivity contribution is 7.89. The molecule has 152 valence electrons. The molecule has 2 heterocycles. The third kappa shape index (κ3) is 4.40. The number of ether oxygens (including phenoxy) is 1. The van der Waals surface area contributed by atoms with Gasteiger partial charge in [-0.15, -0.1) is 0 Å². The maximum atomic E-state index is 12.6. The number of nitrogens with two attached hydrogens (primary N) is 1. The predicted octanol–water partition coefficient (Wildman–Crippen LogP) is 1.51. The van der Waals surface area contributed by atoms with Crippen LogP contribution in [-0.4, -0.2) is 50.1 Å². The van der Waals surface area contributed by atoms with Crippen molar-refractivity contribution >= 4 is 22.0 Å². The molecule has 1 fully saturated rings. The summed E-state index contributed by atoms with van der Waals surface area (Å²) in [5.41, 5.74) is 3.28. The van der Waals surface area contributed by atoms with Gasteiger partial charge in [-0.25, -0.2) is 13.6 Å². The highest BCUT2D eigenvalue weighted by Gasteiger charge is 2.21. The molecule has 1 saturated heterocycles. The van der Waals surface area contributed by atoms with Crippen molar-refractivity contribution in [2.24, 2.45) is 5.14 Å². The summed E-state index contributed by atoms with van der Waals surface area (Å²) in [6.07, 6.45) is 1.59. The minimum Gasteiger partial charge on any atom is -0.378 e. The number of benzene rings is 1. The van der Waals surface area contributed by atoms with Gasteiger partial charge < -0.3 is 14.2 Å². The molecule has 1 aliphatic heterocycles. The van der Waals surface area contributed by atoms with Crippen LogP contribution in [0.1, 0.15) is 17.0 Å². The predicted molar refractivity (Wildman–Crippen MR) is 108 cm³/mol. The first-order valence-electron chi connectivity index (χ1n) is 9.03. The zero-order valence-electron chi connectivity index (χ0n) is 16.3. The average molecular weight is 414 g/mol. The molecule has 8 nitrogen and oxygen atoms in total. The van der Waals surface area contributed by atoms with E-state index < -0.39 is 10.0 Å². The Morgan fingerprint density at radius 1 is 1.21 bits per heavy atom. The van der Waals surface area contributed by atoms with Crippen molar-refractivity contribution in [3.8, 4) is 11.8 Å². The van der Waals surface area contributed by atoms with E-state index in [1.54, 1.807) is 23.1 Å². The van der Waals surface area contributed by atoms with Gasteiger partial charge >= 0.3 is 0 Å². The Labute approximate surface area is 169 Å². The molecular formula is C20H22N4O4S. The van der Waals surface area contributed by atoms with Crippen molar-refractivity contribution < 1.29 is 17.9 Å². The van der Waals surface area contributed by atoms with Gasteiger partial charge in [-0.3, -0.25) is 4.79 Å². The van der Waals surface area contributed by atoms with Gasteiger partial charge in [0.25, 0.3) is 5.91 Å². The molecule has 0 bridgehead atoms. The molecular weight excluding hydrogens is 392 g/mol. The van der Waals surface area contributed by atoms with E-state index in [4.69, 9.17) is 9.88 Å². The van der Waals surface area contributed by atoms with E-state index in [-0.39, 0.29) is 16.4 Å². The van der Waals surface area contributed by atoms with Gasteiger partial charge in [-0.05, 0) is 55.8 Å². The first-order valence-corrected chi connectivity index (χ1v) is 10.6. The van der Waals surface area contributed by atoms with Crippen LogP contribution in [-0.2, 0) is 19.6 Å². The lowest BCUT2D eigenvalue weighted by Gasteiger charge is -2.26. The fourth-order valence-corrected chi connectivity index (χ4v) is 3.87. The van der Waals surface area contributed by atoms with E-state index in [2.05, 4.69) is 0 Å². The van der Waals surface area contributed by atoms with Gasteiger partial charge in [0.1, 0.15) is 11.6 Å². The number of hydrogen-bond donors (Lipinski definition) is 1. The van der Waals surface area contributed by atoms with E-state index in [9.17, 15) is 18.5 Å². The fraction of sp³-hybridized carbons (Fsp3) is 0.300. The molecule has 0 spiro atoms. The Hall–Kier alpha value is -2.93. The van der Waals surface area contributed by atoms with Crippen molar-refractivity contribution in [3.05, 3.63) is 52.9 Å². The van der Waals surface area contributed by atoms with E-state index in [1.165, 1.54) is 12.1 Å². The minimum atomic E-state index is -3.76. The SMILES string of the molecule is Cc1cc(/C=C(/C#N)C(=O)N2CCOCC2)c(C)n1-c1ccc(S(N)(=O)=O)cc1. The Morgan fingerprint density at radius 3 is 2.38 bits per heavy atom. The zero-order chi connectivity index (χ0) is 21.2. The standard InChI is InChI=1S/C20H22N4O4S/c1-14-11-16(12-17(13-21)20(25)23-7-9-28-10-8-23)15(2)24(14)18-3-5-19(6-4-18)29(22,26)27/h3-6,11-12H,7-10H2,1-2H3,(H2,22,26,27)/b17-12-. The molecule has 1 aromatic heterocycles. The van der Waals surface area contributed by atoms with Gasteiger partial charge in [-0.1, -0.05) is 0 Å². The van der Waals surface area contributed by atoms with E-state index in [1.807, 2.05) is 30.6 Å². The lowest BCUT2D eigenvalue weighted by atomic mass is 10.1. The van der Waals surface area contributed by atoms with E-state index >= 15 is 0 Å². The van der Waals surface area contributed by atoms with Gasteiger partial charge in [0.05, 0.1) is 18.1 Å². The number of nitriles is 1. The summed E-state index contributed by atoms with van der Waals surface area (Å²) in [6, 6.07) is 10.1. The summed E-state index contributed by atoms with van der Waals surface area (Å²) >= 11 is 0. The van der Waals surface area contributed by atoms with E-state index in [0.29, 0.717) is 26.3 Å². The molecule has 2 aromatic rings. The summed E-state index contributed by atoms with van der Waals surface area (Å²) in [6.45, 7) is 5.63. The van der Waals surface area contributed by atoms with Gasteiger partial charge in [0.2, 0.25) is 10.0 Å². The molecule has 1 aliphatic rings. The maximum absolute atomic E-state index is 12.6. The van der Waals surface area contributed by atoms with Crippen LogP contribution in [0.2, 0.25) is 0 Å². The topological polar surface area (TPSA) is 118 Å². The van der Waals surface area contributed by atoms with Crippen molar-refractivity contribution in [1.29, 1.82) is 5.26 Å². The lowest BCUT2D eigenvalue weighted by Crippen LogP contribution is -2.41. The number of morpholine rings is 1. The summed E-state index contributed by atoms with van der Waals surface area (Å²) in [7, 11) is -3.76. The number of aromatic nitrogens is 1. The maximum Gasteiger partial charge on any atom is 0.264 e. The number of carbonyl (C=O) groups excluding carboxylic acids is 1. The molecule has 0 atom stereocenters. The van der Waals surface area contributed by atoms with Crippen LogP contribution in [0.3, 0.4) is 0 Å². The van der Waals surface area contributed by atoms with Crippen molar-refractivity contribution in [3.63, 3.8) is 0 Å². The van der Waals surface area contributed by atoms with Gasteiger partial charge in [0.15, 0.2) is 0 Å². The molecule has 29 heavy (non-hydrogen) atoms. The Balaban J connectivity index is 1.95. The molecule has 1 aromatic carbocycles. The third-order valence-corrected chi connectivity index (χ3v) is 5.77. The second kappa shape index (κ2) is 8.21. The zero-order valence-corrected chi connectivity index (χ0v) is 17.1. The highest BCUT2D eigenvalue weighted by Crippen LogP contribution is 2.24. The Kier molecular flexibility index (Phi) is 5.88. The largest absolute Gasteiger partial charge is 0.378 e. The third-order valence-electron chi connectivity index (χ3n) is 4.84. The van der Waals surface area contributed by atoms with Crippen LogP contribution in [0, 0.1) is 25.2 Å². The number of hydrogen-bond acceptors (Lipinski definition) is 5. The molecule has 3 rings (SSSR count). The number of amides is 1. The second-order valence-corrected chi connectivity index (χ2v) is 8.34. The monoisotopic (exact) mass is 414 g/mol. The number of carbonyl (C=O) groups is 1. The van der Waals surface area contributed by atoms with Crippen molar-refractivity contribution in [1.82, 2.24) is 9.47 Å². The molecule has 0 unspecified atom stereocenters. The number of nitrogens with zero attached hydrogens (tertiary/aromatic N) is 3. The lowest BCUT2D eigenvalue weighted by molar-refractivity contribution is -0.130. The van der Waals surface area contributed by atoms with E-state index in [0.717, 1.165) is 22.6 Å². The average Bonchev–Trinajstić information content (AvgIpc) is 2.98. The van der Waals surface area contributed by atoms with Crippen LogP contribution >= 0.6 is 0 Å². The first kappa shape index (κ1) is 20.8. The van der Waals surface area contributed by atoms with Crippen LogP contribution < -0.4 is 5.14 Å². The fourth-order valence-electron chi connectivity index (χ4n) is 3.35. The van der Waals surface area contributed by atoms with Crippen LogP contribution in [0.5, 0.6) is 0 Å². The van der Waals surface area contributed by atoms with Crippen molar-refractivity contribution in [2.75, 3.05) is 26.3 Å². The highest BCUT2D eigenvalue weighted by atomic mass is 32.2. The van der Waals surface area contributed by atoms with Crippen molar-refractivity contribution in [2.45, 2.75) is 18.7 Å². The van der Waals surface area contributed by atoms with Gasteiger partial charge in [0, 0.05) is 30.2 Å². The molecule has 1 amide bonds. The Bertz CT molecular complexity index is 1100. The van der Waals surface area contributed by atoms with Gasteiger partial charge in [-0.2, -0.15) is 5.26 Å². The molecule has 0 radical (unpaired) electrons. The number of rotatable bonds is 4. The normalized spacial score (nSPS) is 15.2. The van der Waals surface area contributed by atoms with Crippen LogP contribution in [0.25, 0.3) is 11.8 Å². The number of sulfonamides is 1. The molecule has 0 aliphatic carbocycles. The summed E-state index contributed by atoms with van der Waals surface area (Å²) in [4.78, 5) is 14.3. The molecule has 0 saturated carbocycles. The number of primary sulfonamides is 1. The first-order chi connectivity index (χ1) is 13.7. The summed E-state index contributed by atoms with van der Waals surface area (Å²) < 4.78 is 30.1. The minimum absolute atomic E-state index is 0.0340. The second-order valence-electron chi connectivity index (χ2n) is 6.78. The summed E-state index contributed by atoms with van der Waals surface area (Å²) in [5, 5.41) is 14.7. The Morgan fingerprint density at radius 2 is 1.83 bits per heavy atom.